The van der Waals surface area contributed by atoms with Crippen LogP contribution >= 0.6 is 0 Å². The van der Waals surface area contributed by atoms with Crippen molar-refractivity contribution in [2.45, 2.75) is 39.0 Å². The summed E-state index contributed by atoms with van der Waals surface area (Å²) in [5, 5.41) is 4.94. The molecule has 0 saturated carbocycles. The van der Waals surface area contributed by atoms with E-state index in [1.54, 1.807) is 16.8 Å². The third-order valence-electron chi connectivity index (χ3n) is 5.44. The molecule has 2 aromatic heterocycles. The minimum absolute atomic E-state index is 0.0388. The minimum Gasteiger partial charge on any atom is -0.338 e. The van der Waals surface area contributed by atoms with Crippen molar-refractivity contribution in [2.24, 2.45) is 5.92 Å². The number of aromatic amines is 1. The van der Waals surface area contributed by atoms with E-state index >= 15 is 0 Å². The van der Waals surface area contributed by atoms with Gasteiger partial charge in [0, 0.05) is 13.1 Å². The second-order valence-electron chi connectivity index (χ2n) is 7.17. The molecule has 1 atom stereocenters. The Labute approximate surface area is 151 Å². The molecule has 0 bridgehead atoms. The highest BCUT2D eigenvalue weighted by Crippen LogP contribution is 2.23. The summed E-state index contributed by atoms with van der Waals surface area (Å²) in [5.41, 5.74) is 1.47. The summed E-state index contributed by atoms with van der Waals surface area (Å²) in [6.45, 7) is 3.76. The van der Waals surface area contributed by atoms with E-state index in [9.17, 15) is 9.59 Å². The maximum absolute atomic E-state index is 13.1. The zero-order valence-electron chi connectivity index (χ0n) is 15.1. The number of amides is 1. The molecule has 1 amide bonds. The molecule has 1 aliphatic rings. The van der Waals surface area contributed by atoms with Gasteiger partial charge in [-0.2, -0.15) is 5.10 Å². The Morgan fingerprint density at radius 1 is 1.27 bits per heavy atom. The molecule has 4 rings (SSSR count). The van der Waals surface area contributed by atoms with Crippen LogP contribution in [0.2, 0.25) is 0 Å². The lowest BCUT2D eigenvalue weighted by atomic mass is 9.96. The van der Waals surface area contributed by atoms with Crippen LogP contribution in [0.1, 0.15) is 49.4 Å². The fourth-order valence-electron chi connectivity index (χ4n) is 4.07. The van der Waals surface area contributed by atoms with Crippen LogP contribution in [0.25, 0.3) is 16.6 Å². The summed E-state index contributed by atoms with van der Waals surface area (Å²) in [6, 6.07) is 7.30. The summed E-state index contributed by atoms with van der Waals surface area (Å²) in [4.78, 5) is 30.2. The molecule has 0 radical (unpaired) electrons. The van der Waals surface area contributed by atoms with Gasteiger partial charge < -0.3 is 9.88 Å². The van der Waals surface area contributed by atoms with Gasteiger partial charge >= 0.3 is 0 Å². The molecule has 6 nitrogen and oxygen atoms in total. The van der Waals surface area contributed by atoms with Gasteiger partial charge in [-0.1, -0.05) is 31.9 Å². The summed E-state index contributed by atoms with van der Waals surface area (Å²) in [7, 11) is 0. The van der Waals surface area contributed by atoms with Crippen LogP contribution < -0.4 is 5.56 Å². The Hall–Kier alpha value is -2.63. The normalized spacial score (nSPS) is 18.3. The van der Waals surface area contributed by atoms with Gasteiger partial charge in [0.05, 0.1) is 17.1 Å². The number of hydrogen-bond donors (Lipinski definition) is 1. The highest BCUT2D eigenvalue weighted by Gasteiger charge is 2.24. The lowest BCUT2D eigenvalue weighted by Crippen LogP contribution is -2.32. The second-order valence-corrected chi connectivity index (χ2v) is 7.17. The molecule has 136 valence electrons. The first-order chi connectivity index (χ1) is 12.7. The molecule has 6 heteroatoms. The van der Waals surface area contributed by atoms with Crippen molar-refractivity contribution in [3.63, 3.8) is 0 Å². The Morgan fingerprint density at radius 2 is 2.12 bits per heavy atom. The zero-order valence-corrected chi connectivity index (χ0v) is 15.1. The SMILES string of the molecule is CCCC1CCCN(C(=O)c2cnn3c2[nH]c(=O)c2ccccc23)CC1. The maximum atomic E-state index is 13.1. The molecule has 1 aliphatic heterocycles. The second kappa shape index (κ2) is 6.94. The van der Waals surface area contributed by atoms with Crippen LogP contribution in [0, 0.1) is 5.92 Å². The number of rotatable bonds is 3. The Kier molecular flexibility index (Phi) is 4.49. The first-order valence-corrected chi connectivity index (χ1v) is 9.47. The number of fused-ring (bicyclic) bond motifs is 3. The number of nitrogens with one attached hydrogen (secondary N) is 1. The first-order valence-electron chi connectivity index (χ1n) is 9.47. The van der Waals surface area contributed by atoms with E-state index in [-0.39, 0.29) is 11.5 Å². The van der Waals surface area contributed by atoms with Crippen LogP contribution in [-0.2, 0) is 0 Å². The highest BCUT2D eigenvalue weighted by molar-refractivity contribution is 6.00. The van der Waals surface area contributed by atoms with Crippen molar-refractivity contribution in [3.05, 3.63) is 46.4 Å². The van der Waals surface area contributed by atoms with Crippen molar-refractivity contribution in [1.29, 1.82) is 0 Å². The number of carbonyl (C=O) groups excluding carboxylic acids is 1. The minimum atomic E-state index is -0.193. The quantitative estimate of drug-likeness (QED) is 0.787. The molecule has 3 heterocycles. The summed E-state index contributed by atoms with van der Waals surface area (Å²) < 4.78 is 1.65. The molecular weight excluding hydrogens is 328 g/mol. The standard InChI is InChI=1S/C20H24N4O2/c1-2-6-14-7-5-11-23(12-10-14)20(26)16-13-21-24-17-9-4-3-8-15(17)19(25)22-18(16)24/h3-4,8-9,13-14H,2,5-7,10-12H2,1H3,(H,22,25). The third kappa shape index (κ3) is 2.89. The molecule has 1 unspecified atom stereocenters. The highest BCUT2D eigenvalue weighted by atomic mass is 16.2. The number of H-pyrrole nitrogens is 1. The molecule has 3 aromatic rings. The molecular formula is C20H24N4O2. The Balaban J connectivity index is 1.68. The van der Waals surface area contributed by atoms with E-state index in [1.165, 1.54) is 19.3 Å². The summed E-state index contributed by atoms with van der Waals surface area (Å²) >= 11 is 0. The van der Waals surface area contributed by atoms with Gasteiger partial charge in [-0.3, -0.25) is 9.59 Å². The van der Waals surface area contributed by atoms with E-state index in [0.29, 0.717) is 28.0 Å². The topological polar surface area (TPSA) is 70.5 Å². The van der Waals surface area contributed by atoms with E-state index in [0.717, 1.165) is 25.9 Å². The van der Waals surface area contributed by atoms with Crippen LogP contribution in [0.5, 0.6) is 0 Å². The number of aromatic nitrogens is 3. The number of nitrogens with zero attached hydrogens (tertiary/aromatic N) is 3. The van der Waals surface area contributed by atoms with Crippen molar-refractivity contribution < 1.29 is 4.79 Å². The average molecular weight is 352 g/mol. The van der Waals surface area contributed by atoms with Crippen LogP contribution in [0.15, 0.2) is 35.3 Å². The largest absolute Gasteiger partial charge is 0.338 e. The van der Waals surface area contributed by atoms with Crippen molar-refractivity contribution >= 4 is 22.5 Å². The first kappa shape index (κ1) is 16.8. The number of para-hydroxylation sites is 1. The van der Waals surface area contributed by atoms with Gasteiger partial charge in [-0.25, -0.2) is 4.52 Å². The lowest BCUT2D eigenvalue weighted by molar-refractivity contribution is 0.0761. The number of likely N-dealkylation sites (tertiary alicyclic amines) is 1. The van der Waals surface area contributed by atoms with Crippen molar-refractivity contribution in [2.75, 3.05) is 13.1 Å². The Bertz CT molecular complexity index is 1000. The zero-order chi connectivity index (χ0) is 18.1. The molecule has 0 aliphatic carbocycles. The monoisotopic (exact) mass is 352 g/mol. The maximum Gasteiger partial charge on any atom is 0.259 e. The van der Waals surface area contributed by atoms with Gasteiger partial charge in [0.15, 0.2) is 0 Å². The van der Waals surface area contributed by atoms with E-state index in [1.807, 2.05) is 23.1 Å². The predicted molar refractivity (Wildman–Crippen MR) is 101 cm³/mol. The number of hydrogen-bond acceptors (Lipinski definition) is 3. The van der Waals surface area contributed by atoms with Gasteiger partial charge in [0.2, 0.25) is 0 Å². The molecule has 1 N–H and O–H groups in total. The van der Waals surface area contributed by atoms with Crippen molar-refractivity contribution in [1.82, 2.24) is 19.5 Å². The molecule has 1 fully saturated rings. The van der Waals surface area contributed by atoms with Gasteiger partial charge in [-0.05, 0) is 37.3 Å². The Morgan fingerprint density at radius 3 is 2.96 bits per heavy atom. The van der Waals surface area contributed by atoms with E-state index in [2.05, 4.69) is 17.0 Å². The average Bonchev–Trinajstić information content (AvgIpc) is 2.93. The smallest absolute Gasteiger partial charge is 0.259 e. The van der Waals surface area contributed by atoms with Gasteiger partial charge in [0.1, 0.15) is 11.2 Å². The number of carbonyl (C=O) groups is 1. The predicted octanol–water partition coefficient (Wildman–Crippen LogP) is 3.22. The van der Waals surface area contributed by atoms with E-state index in [4.69, 9.17) is 0 Å². The van der Waals surface area contributed by atoms with Crippen molar-refractivity contribution in [3.8, 4) is 0 Å². The van der Waals surface area contributed by atoms with Gasteiger partial charge in [-0.15, -0.1) is 0 Å². The summed E-state index contributed by atoms with van der Waals surface area (Å²) in [6.07, 6.45) is 7.29. The fourth-order valence-corrected chi connectivity index (χ4v) is 4.07. The van der Waals surface area contributed by atoms with E-state index < -0.39 is 0 Å². The molecule has 0 spiro atoms. The summed E-state index contributed by atoms with van der Waals surface area (Å²) in [5.74, 6) is 0.675. The molecule has 1 aromatic carbocycles. The van der Waals surface area contributed by atoms with Gasteiger partial charge in [0.25, 0.3) is 11.5 Å². The fraction of sp³-hybridized carbons (Fsp3) is 0.450. The molecule has 1 saturated heterocycles. The van der Waals surface area contributed by atoms with Crippen LogP contribution in [-0.4, -0.2) is 38.5 Å². The number of benzene rings is 1. The van der Waals surface area contributed by atoms with Crippen LogP contribution in [0.4, 0.5) is 0 Å². The van der Waals surface area contributed by atoms with Crippen LogP contribution in [0.3, 0.4) is 0 Å². The molecule has 26 heavy (non-hydrogen) atoms. The third-order valence-corrected chi connectivity index (χ3v) is 5.44. The lowest BCUT2D eigenvalue weighted by Gasteiger charge is -2.20.